The first kappa shape index (κ1) is 14.1. The van der Waals surface area contributed by atoms with E-state index in [9.17, 15) is 0 Å². The first-order valence-corrected chi connectivity index (χ1v) is 8.90. The summed E-state index contributed by atoms with van der Waals surface area (Å²) in [5, 5.41) is 0. The first-order chi connectivity index (χ1) is 10.7. The molecule has 3 nitrogen and oxygen atoms in total. The molecule has 22 heavy (non-hydrogen) atoms. The van der Waals surface area contributed by atoms with Gasteiger partial charge in [0.05, 0.1) is 18.8 Å². The maximum absolute atomic E-state index is 5.52. The third-order valence-corrected chi connectivity index (χ3v) is 5.57. The molecule has 0 aliphatic carbocycles. The summed E-state index contributed by atoms with van der Waals surface area (Å²) >= 11 is 10.5. The molecule has 2 heterocycles. The lowest BCUT2D eigenvalue weighted by molar-refractivity contribution is 0.464. The summed E-state index contributed by atoms with van der Waals surface area (Å²) in [7, 11) is 0. The number of benzene rings is 2. The molecule has 110 valence electrons. The highest BCUT2D eigenvalue weighted by Crippen LogP contribution is 2.20. The Hall–Kier alpha value is -1.50. The fraction of sp³-hybridized carbons (Fsp3) is 0.125. The lowest BCUT2D eigenvalue weighted by Gasteiger charge is -2.20. The topological polar surface area (TPSA) is 22.2 Å². The van der Waals surface area contributed by atoms with Crippen molar-refractivity contribution >= 4 is 45.2 Å². The zero-order chi connectivity index (χ0) is 15.1. The van der Waals surface area contributed by atoms with Crippen LogP contribution in [0.4, 0.5) is 5.69 Å². The lowest BCUT2D eigenvalue weighted by Crippen LogP contribution is -2.29. The molecule has 0 N–H and O–H groups in total. The number of rotatable bonds is 1. The van der Waals surface area contributed by atoms with Crippen LogP contribution in [0.3, 0.4) is 0 Å². The Labute approximate surface area is 145 Å². The number of nitrogens with zero attached hydrogens (tertiary/aromatic N) is 3. The number of hydrogen-bond acceptors (Lipinski definition) is 3. The van der Waals surface area contributed by atoms with Crippen molar-refractivity contribution in [1.29, 1.82) is 0 Å². The van der Waals surface area contributed by atoms with Crippen LogP contribution in [0.2, 0.25) is 0 Å². The Kier molecular flexibility index (Phi) is 3.60. The molecule has 0 atom stereocenters. The molecule has 1 aliphatic rings. The molecule has 1 aliphatic heterocycles. The van der Waals surface area contributed by atoms with E-state index in [4.69, 9.17) is 17.2 Å². The molecule has 4 rings (SSSR count). The maximum atomic E-state index is 5.52. The van der Waals surface area contributed by atoms with E-state index in [0.717, 1.165) is 32.0 Å². The summed E-state index contributed by atoms with van der Waals surface area (Å²) in [4.78, 5) is 5.71. The van der Waals surface area contributed by atoms with Crippen molar-refractivity contribution in [1.82, 2.24) is 9.36 Å². The van der Waals surface area contributed by atoms with Crippen LogP contribution in [0.5, 0.6) is 0 Å². The van der Waals surface area contributed by atoms with Gasteiger partial charge in [0.2, 0.25) is 4.80 Å². The molecule has 1 aromatic heterocycles. The standard InChI is InChI=1S/C16H12BrN3S2/c17-13-5-7-14(8-6-13)18-15-19-9-11-3-1-2-4-12(11)10-20(19)16(21)22-15/h1-8H,9-10H2. The highest BCUT2D eigenvalue weighted by molar-refractivity contribution is 9.10. The van der Waals surface area contributed by atoms with E-state index in [-0.39, 0.29) is 0 Å². The van der Waals surface area contributed by atoms with Crippen LogP contribution in [0, 0.1) is 3.95 Å². The molecule has 0 saturated carbocycles. The molecule has 3 aromatic rings. The van der Waals surface area contributed by atoms with Crippen molar-refractivity contribution in [2.24, 2.45) is 4.99 Å². The van der Waals surface area contributed by atoms with E-state index in [1.165, 1.54) is 11.1 Å². The summed E-state index contributed by atoms with van der Waals surface area (Å²) in [6.45, 7) is 1.64. The second-order valence-corrected chi connectivity index (χ2v) is 7.64. The fourth-order valence-corrected chi connectivity index (χ4v) is 4.08. The average Bonchev–Trinajstić information content (AvgIpc) is 2.83. The number of hydrogen-bond donors (Lipinski definition) is 0. The highest BCUT2D eigenvalue weighted by Gasteiger charge is 2.16. The zero-order valence-corrected chi connectivity index (χ0v) is 14.8. The van der Waals surface area contributed by atoms with Gasteiger partial charge in [-0.2, -0.15) is 0 Å². The van der Waals surface area contributed by atoms with Gasteiger partial charge in [0.1, 0.15) is 0 Å². The van der Waals surface area contributed by atoms with Gasteiger partial charge in [0, 0.05) is 4.47 Å². The van der Waals surface area contributed by atoms with Gasteiger partial charge in [-0.25, -0.2) is 4.99 Å². The Morgan fingerprint density at radius 1 is 0.955 bits per heavy atom. The normalized spacial score (nSPS) is 13.8. The van der Waals surface area contributed by atoms with Gasteiger partial charge in [0.15, 0.2) is 3.95 Å². The first-order valence-electron chi connectivity index (χ1n) is 6.88. The quantitative estimate of drug-likeness (QED) is 0.439. The smallest absolute Gasteiger partial charge is 0.208 e. The number of fused-ring (bicyclic) bond motifs is 2. The molecular weight excluding hydrogens is 378 g/mol. The van der Waals surface area contributed by atoms with Crippen LogP contribution in [-0.4, -0.2) is 9.36 Å². The Bertz CT molecular complexity index is 964. The molecular formula is C16H12BrN3S2. The van der Waals surface area contributed by atoms with Crippen molar-refractivity contribution < 1.29 is 0 Å². The van der Waals surface area contributed by atoms with Gasteiger partial charge < -0.3 is 0 Å². The molecule has 6 heteroatoms. The van der Waals surface area contributed by atoms with Gasteiger partial charge >= 0.3 is 0 Å². The van der Waals surface area contributed by atoms with Crippen LogP contribution in [-0.2, 0) is 13.1 Å². The van der Waals surface area contributed by atoms with Crippen molar-refractivity contribution in [2.45, 2.75) is 13.1 Å². The fourth-order valence-electron chi connectivity index (χ4n) is 2.58. The second-order valence-electron chi connectivity index (χ2n) is 5.12. The van der Waals surface area contributed by atoms with Gasteiger partial charge in [-0.15, -0.1) is 0 Å². The molecule has 0 unspecified atom stereocenters. The minimum Gasteiger partial charge on any atom is -0.259 e. The van der Waals surface area contributed by atoms with E-state index >= 15 is 0 Å². The molecule has 0 amide bonds. The molecule has 0 saturated heterocycles. The SMILES string of the molecule is S=c1sc(=Nc2ccc(Br)cc2)n2n1Cc1ccccc1C2. The largest absolute Gasteiger partial charge is 0.259 e. The van der Waals surface area contributed by atoms with E-state index < -0.39 is 0 Å². The predicted octanol–water partition coefficient (Wildman–Crippen LogP) is 4.49. The summed E-state index contributed by atoms with van der Waals surface area (Å²) in [6.07, 6.45) is 0. The van der Waals surface area contributed by atoms with Crippen molar-refractivity contribution in [3.63, 3.8) is 0 Å². The number of halogens is 1. The lowest BCUT2D eigenvalue weighted by atomic mass is 10.1. The minimum atomic E-state index is 0.818. The molecule has 0 radical (unpaired) electrons. The van der Waals surface area contributed by atoms with Gasteiger partial charge in [-0.3, -0.25) is 9.36 Å². The molecule has 0 fully saturated rings. The third kappa shape index (κ3) is 2.51. The molecule has 0 spiro atoms. The Morgan fingerprint density at radius 3 is 2.27 bits per heavy atom. The summed E-state index contributed by atoms with van der Waals surface area (Å²) in [5.74, 6) is 0. The highest BCUT2D eigenvalue weighted by atomic mass is 79.9. The van der Waals surface area contributed by atoms with Crippen LogP contribution in [0.15, 0.2) is 58.0 Å². The van der Waals surface area contributed by atoms with Crippen LogP contribution in [0.1, 0.15) is 11.1 Å². The van der Waals surface area contributed by atoms with Crippen molar-refractivity contribution in [3.8, 4) is 0 Å². The maximum Gasteiger partial charge on any atom is 0.208 e. The van der Waals surface area contributed by atoms with E-state index in [1.807, 2.05) is 24.3 Å². The van der Waals surface area contributed by atoms with E-state index in [2.05, 4.69) is 49.6 Å². The summed E-state index contributed by atoms with van der Waals surface area (Å²) in [6, 6.07) is 16.5. The zero-order valence-electron chi connectivity index (χ0n) is 11.6. The third-order valence-electron chi connectivity index (χ3n) is 3.71. The summed E-state index contributed by atoms with van der Waals surface area (Å²) < 4.78 is 6.24. The van der Waals surface area contributed by atoms with Crippen molar-refractivity contribution in [2.75, 3.05) is 0 Å². The van der Waals surface area contributed by atoms with Crippen LogP contribution >= 0.6 is 39.5 Å². The van der Waals surface area contributed by atoms with Gasteiger partial charge in [-0.05, 0) is 47.6 Å². The summed E-state index contributed by atoms with van der Waals surface area (Å²) in [5.41, 5.74) is 3.62. The molecule has 0 bridgehead atoms. The minimum absolute atomic E-state index is 0.818. The van der Waals surface area contributed by atoms with E-state index in [1.54, 1.807) is 11.3 Å². The monoisotopic (exact) mass is 389 g/mol. The molecule has 2 aromatic carbocycles. The second kappa shape index (κ2) is 5.61. The van der Waals surface area contributed by atoms with E-state index in [0.29, 0.717) is 0 Å². The number of aromatic nitrogens is 2. The predicted molar refractivity (Wildman–Crippen MR) is 95.1 cm³/mol. The van der Waals surface area contributed by atoms with Crippen molar-refractivity contribution in [3.05, 3.63) is 72.9 Å². The van der Waals surface area contributed by atoms with Gasteiger partial charge in [-0.1, -0.05) is 51.5 Å². The van der Waals surface area contributed by atoms with Crippen LogP contribution < -0.4 is 4.80 Å². The van der Waals surface area contributed by atoms with Gasteiger partial charge in [0.25, 0.3) is 0 Å². The Morgan fingerprint density at radius 2 is 1.59 bits per heavy atom. The van der Waals surface area contributed by atoms with Crippen LogP contribution in [0.25, 0.3) is 0 Å². The average molecular weight is 390 g/mol. The Balaban J connectivity index is 1.85.